The molecule has 1 atom stereocenters. The largest absolute Gasteiger partial charge is 0.453 e. The number of rotatable bonds is 5. The average Bonchev–Trinajstić information content (AvgIpc) is 2.69. The molecule has 1 heterocycles. The fraction of sp³-hybridized carbons (Fsp3) is 0.900. The van der Waals surface area contributed by atoms with Crippen LogP contribution < -0.4 is 10.6 Å². The van der Waals surface area contributed by atoms with E-state index in [2.05, 4.69) is 15.4 Å². The quantitative estimate of drug-likeness (QED) is 0.657. The highest BCUT2D eigenvalue weighted by atomic mass is 16.5. The summed E-state index contributed by atoms with van der Waals surface area (Å²) in [6, 6.07) is 0.716. The van der Waals surface area contributed by atoms with E-state index in [1.165, 1.54) is 39.3 Å². The Morgan fingerprint density at radius 2 is 2.43 bits per heavy atom. The Bertz CT molecular complexity index is 168. The van der Waals surface area contributed by atoms with Crippen LogP contribution >= 0.6 is 0 Å². The van der Waals surface area contributed by atoms with Gasteiger partial charge < -0.3 is 15.4 Å². The molecule has 82 valence electrons. The molecule has 0 aliphatic carbocycles. The second-order valence-corrected chi connectivity index (χ2v) is 3.71. The van der Waals surface area contributed by atoms with Gasteiger partial charge in [0.25, 0.3) is 0 Å². The van der Waals surface area contributed by atoms with E-state index in [1.54, 1.807) is 0 Å². The molecule has 0 saturated carbocycles. The highest BCUT2D eigenvalue weighted by Crippen LogP contribution is 2.11. The van der Waals surface area contributed by atoms with Crippen molar-refractivity contribution in [3.63, 3.8) is 0 Å². The molecule has 1 aliphatic rings. The third kappa shape index (κ3) is 4.46. The third-order valence-corrected chi connectivity index (χ3v) is 2.60. The van der Waals surface area contributed by atoms with Gasteiger partial charge in [0.1, 0.15) is 0 Å². The summed E-state index contributed by atoms with van der Waals surface area (Å²) < 4.78 is 4.47. The monoisotopic (exact) mass is 200 g/mol. The maximum absolute atomic E-state index is 10.7. The maximum atomic E-state index is 10.7. The first-order chi connectivity index (χ1) is 6.83. The van der Waals surface area contributed by atoms with Gasteiger partial charge in [0.05, 0.1) is 7.11 Å². The molecular formula is C10H20N2O2. The van der Waals surface area contributed by atoms with Crippen LogP contribution in [-0.4, -0.2) is 32.3 Å². The van der Waals surface area contributed by atoms with E-state index in [0.717, 1.165) is 13.0 Å². The Morgan fingerprint density at radius 1 is 1.57 bits per heavy atom. The lowest BCUT2D eigenvalue weighted by atomic mass is 10.1. The Labute approximate surface area is 85.4 Å². The van der Waals surface area contributed by atoms with Crippen LogP contribution in [0.3, 0.4) is 0 Å². The molecule has 14 heavy (non-hydrogen) atoms. The smallest absolute Gasteiger partial charge is 0.406 e. The topological polar surface area (TPSA) is 50.4 Å². The molecular weight excluding hydrogens is 180 g/mol. The highest BCUT2D eigenvalue weighted by molar-refractivity contribution is 5.66. The van der Waals surface area contributed by atoms with E-state index in [4.69, 9.17) is 0 Å². The molecule has 0 aromatic rings. The van der Waals surface area contributed by atoms with Crippen molar-refractivity contribution in [2.24, 2.45) is 0 Å². The predicted octanol–water partition coefficient (Wildman–Crippen LogP) is 1.26. The second-order valence-electron chi connectivity index (χ2n) is 3.71. The third-order valence-electron chi connectivity index (χ3n) is 2.60. The highest BCUT2D eigenvalue weighted by Gasteiger charge is 2.12. The molecule has 2 N–H and O–H groups in total. The predicted molar refractivity (Wildman–Crippen MR) is 55.3 cm³/mol. The van der Waals surface area contributed by atoms with Gasteiger partial charge in [0.2, 0.25) is 0 Å². The van der Waals surface area contributed by atoms with Crippen LogP contribution in [0.4, 0.5) is 4.79 Å². The van der Waals surface area contributed by atoms with Crippen LogP contribution in [0.2, 0.25) is 0 Å². The van der Waals surface area contributed by atoms with Crippen molar-refractivity contribution >= 4 is 6.09 Å². The van der Waals surface area contributed by atoms with E-state index >= 15 is 0 Å². The van der Waals surface area contributed by atoms with E-state index in [-0.39, 0.29) is 6.09 Å². The Morgan fingerprint density at radius 3 is 3.07 bits per heavy atom. The summed E-state index contributed by atoms with van der Waals surface area (Å²) in [5, 5.41) is 6.13. The molecule has 4 nitrogen and oxygen atoms in total. The number of ether oxygens (including phenoxy) is 1. The molecule has 0 bridgehead atoms. The molecule has 0 spiro atoms. The first-order valence-corrected chi connectivity index (χ1v) is 5.38. The fourth-order valence-corrected chi connectivity index (χ4v) is 1.78. The number of unbranched alkanes of at least 4 members (excludes halogenated alkanes) is 1. The van der Waals surface area contributed by atoms with Gasteiger partial charge in [-0.2, -0.15) is 0 Å². The van der Waals surface area contributed by atoms with Crippen LogP contribution in [0.25, 0.3) is 0 Å². The number of amides is 1. The van der Waals surface area contributed by atoms with Crippen LogP contribution in [0, 0.1) is 0 Å². The number of methoxy groups -OCH3 is 1. The van der Waals surface area contributed by atoms with Gasteiger partial charge in [0.15, 0.2) is 0 Å². The summed E-state index contributed by atoms with van der Waals surface area (Å²) in [6.07, 6.45) is 5.72. The van der Waals surface area contributed by atoms with Crippen LogP contribution in [-0.2, 0) is 4.74 Å². The van der Waals surface area contributed by atoms with E-state index < -0.39 is 0 Å². The van der Waals surface area contributed by atoms with E-state index in [1.807, 2.05) is 0 Å². The SMILES string of the molecule is COC(=O)NCCCCC1CCCN1. The molecule has 0 aromatic heterocycles. The first kappa shape index (κ1) is 11.3. The van der Waals surface area contributed by atoms with Gasteiger partial charge in [-0.15, -0.1) is 0 Å². The van der Waals surface area contributed by atoms with Crippen LogP contribution in [0.1, 0.15) is 32.1 Å². The summed E-state index contributed by atoms with van der Waals surface area (Å²) in [6.45, 7) is 1.89. The molecule has 1 unspecified atom stereocenters. The minimum absolute atomic E-state index is 0.330. The average molecular weight is 200 g/mol. The molecule has 0 aromatic carbocycles. The molecule has 1 rings (SSSR count). The van der Waals surface area contributed by atoms with Crippen molar-refractivity contribution in [1.82, 2.24) is 10.6 Å². The summed E-state index contributed by atoms with van der Waals surface area (Å²) in [7, 11) is 1.39. The zero-order chi connectivity index (χ0) is 10.2. The lowest BCUT2D eigenvalue weighted by Crippen LogP contribution is -2.25. The van der Waals surface area contributed by atoms with Gasteiger partial charge in [-0.1, -0.05) is 6.42 Å². The molecule has 1 amide bonds. The van der Waals surface area contributed by atoms with Crippen molar-refractivity contribution in [1.29, 1.82) is 0 Å². The minimum atomic E-state index is -0.330. The number of hydrogen-bond acceptors (Lipinski definition) is 3. The standard InChI is InChI=1S/C10H20N2O2/c1-14-10(13)12-7-3-2-5-9-6-4-8-11-9/h9,11H,2-8H2,1H3,(H,12,13). The lowest BCUT2D eigenvalue weighted by Gasteiger charge is -2.09. The van der Waals surface area contributed by atoms with Gasteiger partial charge in [-0.3, -0.25) is 0 Å². The molecule has 1 fully saturated rings. The van der Waals surface area contributed by atoms with Crippen LogP contribution in [0.5, 0.6) is 0 Å². The summed E-state index contributed by atoms with van der Waals surface area (Å²) >= 11 is 0. The lowest BCUT2D eigenvalue weighted by molar-refractivity contribution is 0.171. The summed E-state index contributed by atoms with van der Waals surface area (Å²) in [4.78, 5) is 10.7. The van der Waals surface area contributed by atoms with Gasteiger partial charge in [-0.25, -0.2) is 4.79 Å². The van der Waals surface area contributed by atoms with Crippen molar-refractivity contribution in [2.75, 3.05) is 20.2 Å². The van der Waals surface area contributed by atoms with Crippen molar-refractivity contribution in [3.05, 3.63) is 0 Å². The molecule has 1 aliphatic heterocycles. The second kappa shape index (κ2) is 6.65. The van der Waals surface area contributed by atoms with Gasteiger partial charge in [-0.05, 0) is 32.2 Å². The zero-order valence-corrected chi connectivity index (χ0v) is 8.84. The molecule has 4 heteroatoms. The number of hydrogen-bond donors (Lipinski definition) is 2. The Kier molecular flexibility index (Phi) is 5.37. The van der Waals surface area contributed by atoms with Gasteiger partial charge >= 0.3 is 6.09 Å². The van der Waals surface area contributed by atoms with Crippen LogP contribution in [0.15, 0.2) is 0 Å². The van der Waals surface area contributed by atoms with E-state index in [9.17, 15) is 4.79 Å². The number of carbonyl (C=O) groups excluding carboxylic acids is 1. The molecule has 1 saturated heterocycles. The number of carbonyl (C=O) groups is 1. The number of nitrogens with one attached hydrogen (secondary N) is 2. The Hall–Kier alpha value is -0.770. The summed E-state index contributed by atoms with van der Waals surface area (Å²) in [5.41, 5.74) is 0. The Balaban J connectivity index is 1.86. The summed E-state index contributed by atoms with van der Waals surface area (Å²) in [5.74, 6) is 0. The van der Waals surface area contributed by atoms with E-state index in [0.29, 0.717) is 6.04 Å². The van der Waals surface area contributed by atoms with Crippen molar-refractivity contribution in [2.45, 2.75) is 38.1 Å². The normalized spacial score (nSPS) is 20.8. The first-order valence-electron chi connectivity index (χ1n) is 5.38. The van der Waals surface area contributed by atoms with Gasteiger partial charge in [0, 0.05) is 12.6 Å². The zero-order valence-electron chi connectivity index (χ0n) is 8.84. The van der Waals surface area contributed by atoms with Crippen molar-refractivity contribution in [3.8, 4) is 0 Å². The fourth-order valence-electron chi connectivity index (χ4n) is 1.78. The minimum Gasteiger partial charge on any atom is -0.453 e. The van der Waals surface area contributed by atoms with Crippen molar-refractivity contribution < 1.29 is 9.53 Å². The maximum Gasteiger partial charge on any atom is 0.406 e. The molecule has 0 radical (unpaired) electrons. The number of alkyl carbamates (subject to hydrolysis) is 1.